The Morgan fingerprint density at radius 1 is 0.417 bits per heavy atom. The van der Waals surface area contributed by atoms with Crippen molar-refractivity contribution in [2.75, 3.05) is 54.2 Å². The van der Waals surface area contributed by atoms with Gasteiger partial charge in [0.1, 0.15) is 23.2 Å². The van der Waals surface area contributed by atoms with Crippen LogP contribution in [0.15, 0.2) is 156 Å². The smallest absolute Gasteiger partial charge is 0.319 e. The summed E-state index contributed by atoms with van der Waals surface area (Å²) in [5.74, 6) is -3.94. The fourth-order valence-corrected chi connectivity index (χ4v) is 12.1. The number of halogens is 8. The van der Waals surface area contributed by atoms with Crippen LogP contribution >= 0.6 is 79.6 Å². The number of Topliss-reactive ketones (excluding diaryl/α,β-unsaturated/α-hetero) is 5. The molecular formula is C82H105Br5F3N9O16. The van der Waals surface area contributed by atoms with Crippen molar-refractivity contribution >= 4 is 167 Å². The van der Waals surface area contributed by atoms with E-state index in [1.807, 2.05) is 96.1 Å². The molecule has 0 fully saturated rings. The van der Waals surface area contributed by atoms with Gasteiger partial charge in [-0.1, -0.05) is 170 Å². The second kappa shape index (κ2) is 58.5. The summed E-state index contributed by atoms with van der Waals surface area (Å²) in [6.07, 6.45) is 5.44. The molecule has 0 aliphatic rings. The quantitative estimate of drug-likeness (QED) is 0.0170. The molecule has 6 aromatic rings. The van der Waals surface area contributed by atoms with Gasteiger partial charge in [0.05, 0.1) is 48.6 Å². The van der Waals surface area contributed by atoms with E-state index in [-0.39, 0.29) is 136 Å². The van der Waals surface area contributed by atoms with Crippen LogP contribution in [0, 0.1) is 35.2 Å². The number of rotatable bonds is 41. The summed E-state index contributed by atoms with van der Waals surface area (Å²) in [5, 5.41) is 67.1. The minimum Gasteiger partial charge on any atom is -0.481 e. The lowest BCUT2D eigenvalue weighted by Crippen LogP contribution is -2.44. The number of anilines is 4. The molecule has 0 aliphatic heterocycles. The first kappa shape index (κ1) is 103. The number of carbonyl (C=O) groups is 11. The van der Waals surface area contributed by atoms with E-state index in [0.717, 1.165) is 27.4 Å². The Balaban J connectivity index is 0.000000489. The zero-order valence-electron chi connectivity index (χ0n) is 65.1. The van der Waals surface area contributed by atoms with Crippen LogP contribution in [0.2, 0.25) is 0 Å². The van der Waals surface area contributed by atoms with Crippen LogP contribution in [0.25, 0.3) is 0 Å². The average molecular weight is 1930 g/mol. The van der Waals surface area contributed by atoms with Gasteiger partial charge in [-0.15, -0.1) is 0 Å². The van der Waals surface area contributed by atoms with Crippen molar-refractivity contribution in [2.45, 2.75) is 175 Å². The number of carboxylic acid groups (broad SMARTS) is 1. The van der Waals surface area contributed by atoms with Crippen LogP contribution in [-0.2, 0) is 46.4 Å². The maximum atomic E-state index is 13.9. The van der Waals surface area contributed by atoms with Gasteiger partial charge in [0, 0.05) is 105 Å². The number of hydrogen-bond donors (Lipinski definition) is 14. The predicted octanol–water partition coefficient (Wildman–Crippen LogP) is 16.2. The first-order valence-corrected chi connectivity index (χ1v) is 41.4. The minimum atomic E-state index is -1.08. The van der Waals surface area contributed by atoms with Crippen molar-refractivity contribution in [1.82, 2.24) is 26.6 Å². The highest BCUT2D eigenvalue weighted by Gasteiger charge is 2.27. The molecule has 6 aromatic carbocycles. The van der Waals surface area contributed by atoms with Crippen molar-refractivity contribution in [1.29, 1.82) is 0 Å². The predicted molar refractivity (Wildman–Crippen MR) is 456 cm³/mol. The highest BCUT2D eigenvalue weighted by Crippen LogP contribution is 2.24. The van der Waals surface area contributed by atoms with Gasteiger partial charge in [-0.05, 0) is 171 Å². The molecule has 0 spiro atoms. The maximum absolute atomic E-state index is 13.9. The number of benzene rings is 6. The van der Waals surface area contributed by atoms with Gasteiger partial charge in [-0.3, -0.25) is 33.6 Å². The number of aliphatic hydroxyl groups excluding tert-OH is 4. The van der Waals surface area contributed by atoms with Crippen LogP contribution in [-0.4, -0.2) is 148 Å². The number of ketones is 5. The largest absolute Gasteiger partial charge is 0.481 e. The number of hydrogen-bond acceptors (Lipinski definition) is 15. The van der Waals surface area contributed by atoms with Gasteiger partial charge < -0.3 is 73.4 Å². The zero-order chi connectivity index (χ0) is 86.0. The number of aliphatic carboxylic acids is 1. The Morgan fingerprint density at radius 2 is 0.783 bits per heavy atom. The van der Waals surface area contributed by atoms with Gasteiger partial charge in [0.15, 0.2) is 23.1 Å². The summed E-state index contributed by atoms with van der Waals surface area (Å²) in [4.78, 5) is 131. The minimum absolute atomic E-state index is 0.0155. The Kier molecular flexibility index (Phi) is 52.3. The number of amides is 9. The molecule has 0 unspecified atom stereocenters. The van der Waals surface area contributed by atoms with Crippen LogP contribution in [0.3, 0.4) is 0 Å². The Labute approximate surface area is 711 Å². The van der Waals surface area contributed by atoms with E-state index < -0.39 is 77.6 Å². The zero-order valence-corrected chi connectivity index (χ0v) is 73.0. The second-order valence-corrected chi connectivity index (χ2v) is 31.6. The Bertz CT molecular complexity index is 4030. The summed E-state index contributed by atoms with van der Waals surface area (Å²) >= 11 is 16.1. The van der Waals surface area contributed by atoms with E-state index in [2.05, 4.69) is 128 Å². The molecule has 33 heteroatoms. The monoisotopic (exact) mass is 1920 g/mol. The average Bonchev–Trinajstić information content (AvgIpc) is 0.881. The van der Waals surface area contributed by atoms with E-state index >= 15 is 0 Å². The lowest BCUT2D eigenvalue weighted by atomic mass is 9.91. The molecule has 0 bridgehead atoms. The third-order valence-electron chi connectivity index (χ3n) is 16.2. The highest BCUT2D eigenvalue weighted by molar-refractivity contribution is 9.11. The van der Waals surface area contributed by atoms with E-state index in [1.54, 1.807) is 48.5 Å². The van der Waals surface area contributed by atoms with E-state index in [0.29, 0.717) is 81.7 Å². The molecule has 0 aromatic heterocycles. The van der Waals surface area contributed by atoms with Crippen molar-refractivity contribution in [3.8, 4) is 0 Å². The maximum Gasteiger partial charge on any atom is 0.319 e. The molecule has 0 heterocycles. The molecule has 0 saturated carbocycles. The van der Waals surface area contributed by atoms with Crippen molar-refractivity contribution < 1.29 is 91.4 Å². The molecule has 630 valence electrons. The van der Waals surface area contributed by atoms with E-state index in [1.165, 1.54) is 30.3 Å². The van der Waals surface area contributed by atoms with Crippen molar-refractivity contribution in [3.05, 3.63) is 184 Å². The Hall–Kier alpha value is -8.28. The molecule has 25 nitrogen and oxygen atoms in total. The van der Waals surface area contributed by atoms with E-state index in [9.17, 15) is 65.9 Å². The first-order valence-electron chi connectivity index (χ1n) is 37.4. The fourth-order valence-electron chi connectivity index (χ4n) is 10.6. The Morgan fingerprint density at radius 3 is 1.15 bits per heavy atom. The van der Waals surface area contributed by atoms with Crippen molar-refractivity contribution in [3.63, 3.8) is 0 Å². The molecular weight excluding hydrogens is 1820 g/mol. The third kappa shape index (κ3) is 45.7. The lowest BCUT2D eigenvalue weighted by Gasteiger charge is -2.20. The van der Waals surface area contributed by atoms with Gasteiger partial charge in [0.25, 0.3) is 0 Å². The van der Waals surface area contributed by atoms with Gasteiger partial charge in [-0.25, -0.2) is 32.3 Å². The van der Waals surface area contributed by atoms with Crippen LogP contribution in [0.1, 0.15) is 149 Å². The standard InChI is InChI=1S/C20H21BrFNO3.C16H20BrFN2O4.C16H23BrN2O3.C15H20BrFN2O3.C15H21BrN2O3/c21-17-7-6-15(19(22)13-17)11-18(25)12-16(20(26)23-8-9-24)10-14-4-2-1-3-5-14;1-9(2)7-13(14(21)5-6-15(22)23)20-16(24)19-12-4-3-10(17)8-11(12)18;1-11(2)10-14(15(21)4-3-9-20)19-16(22)18-13-7-5-12(17)6-8-13;1-2-4-13(14(21)5-3-8-20)19-15(22)18-12-7-6-10(16)9-11(12)17;1-2-4-13(14(20)5-3-10-19)18-15(21)17-12-8-6-11(16)7-9-12/h1-7,13,16,24H,8-12H2,(H,23,26);3-4,8-9,13H,5-7H2,1-2H3,(H,22,23)(H2,19,20,24);5-8,11,14,20H,3-4,9-10H2,1-2H3,(H2,18,19,22);6-7,9,13,20H,2-5,8H2,1H3,(H2,18,19,22);6-9,13,19H,2-5,10H2,1H3,(H2,17,18,21)/t16-;13-;14-;2*13-/m11000/s1. The number of aliphatic hydroxyl groups is 4. The summed E-state index contributed by atoms with van der Waals surface area (Å²) in [5.41, 5.74) is 2.60. The normalized spacial score (nSPS) is 11.9. The highest BCUT2D eigenvalue weighted by atomic mass is 79.9. The first-order chi connectivity index (χ1) is 54.6. The summed E-state index contributed by atoms with van der Waals surface area (Å²) < 4.78 is 44.9. The second-order valence-electron chi connectivity index (χ2n) is 27.0. The molecule has 0 aliphatic carbocycles. The molecule has 9 amide bonds. The van der Waals surface area contributed by atoms with Gasteiger partial charge in [-0.2, -0.15) is 0 Å². The van der Waals surface area contributed by atoms with Gasteiger partial charge >= 0.3 is 30.1 Å². The lowest BCUT2D eigenvalue weighted by molar-refractivity contribution is -0.138. The van der Waals surface area contributed by atoms with Crippen LogP contribution < -0.4 is 47.9 Å². The topological polar surface area (TPSA) is 397 Å². The molecule has 0 saturated heterocycles. The summed E-state index contributed by atoms with van der Waals surface area (Å²) in [7, 11) is 0. The van der Waals surface area contributed by atoms with Crippen molar-refractivity contribution in [2.24, 2.45) is 17.8 Å². The number of carboxylic acids is 1. The number of nitrogens with one attached hydrogen (secondary N) is 9. The SMILES string of the molecule is CC(C)C[C@@H](NC(=O)Nc1ccc(Br)cc1F)C(=O)CCC(=O)O.CC(C)C[C@H](NC(=O)Nc1ccc(Br)cc1)C(=O)CCCO.CCC[C@H](NC(=O)Nc1ccc(Br)cc1)C(=O)CCCO.CCC[C@H](NC(=O)Nc1ccc(Br)cc1F)C(=O)CCCO.O=C(Cc1ccc(Br)cc1F)C[C@@H](Cc1ccccc1)C(=O)NCCO. The van der Waals surface area contributed by atoms with Crippen LogP contribution in [0.5, 0.6) is 0 Å². The third-order valence-corrected chi connectivity index (χ3v) is 18.8. The number of urea groups is 4. The molecule has 5 atom stereocenters. The number of carbonyl (C=O) groups excluding carboxylic acids is 10. The van der Waals surface area contributed by atoms with Gasteiger partial charge in [0.2, 0.25) is 5.91 Å². The molecule has 6 rings (SSSR count). The molecule has 14 N–H and O–H groups in total. The fraction of sp³-hybridized carbons (Fsp3) is 0.427. The molecule has 115 heavy (non-hydrogen) atoms. The van der Waals surface area contributed by atoms with E-state index in [4.69, 9.17) is 25.5 Å². The summed E-state index contributed by atoms with van der Waals surface area (Å²) in [6, 6.07) is 32.2. The molecule has 0 radical (unpaired) electrons. The van der Waals surface area contributed by atoms with Crippen LogP contribution in [0.4, 0.5) is 55.1 Å². The summed E-state index contributed by atoms with van der Waals surface area (Å²) in [6.45, 7) is 11.5.